The highest BCUT2D eigenvalue weighted by molar-refractivity contribution is 6.05. The van der Waals surface area contributed by atoms with E-state index in [4.69, 9.17) is 4.74 Å². The van der Waals surface area contributed by atoms with Gasteiger partial charge in [0.15, 0.2) is 0 Å². The fourth-order valence-electron chi connectivity index (χ4n) is 3.75. The number of hydrogen-bond acceptors (Lipinski definition) is 5. The van der Waals surface area contributed by atoms with E-state index in [0.717, 1.165) is 0 Å². The van der Waals surface area contributed by atoms with E-state index in [2.05, 4.69) is 10.6 Å². The summed E-state index contributed by atoms with van der Waals surface area (Å²) in [7, 11) is 0. The summed E-state index contributed by atoms with van der Waals surface area (Å²) in [6.07, 6.45) is 0. The topological polar surface area (TPSA) is 142 Å². The molecule has 4 aromatic carbocycles. The van der Waals surface area contributed by atoms with Gasteiger partial charge in [-0.2, -0.15) is 0 Å². The van der Waals surface area contributed by atoms with Crippen molar-refractivity contribution < 1.29 is 34.1 Å². The van der Waals surface area contributed by atoms with Crippen molar-refractivity contribution in [2.75, 3.05) is 10.6 Å². The Morgan fingerprint density at radius 3 is 1.26 bits per heavy atom. The maximum atomic E-state index is 12.6. The Bertz CT molecular complexity index is 1460. The summed E-state index contributed by atoms with van der Waals surface area (Å²) in [6.45, 7) is 3.36. The molecule has 0 radical (unpaired) electrons. The molecule has 39 heavy (non-hydrogen) atoms. The number of benzene rings is 4. The first-order valence-electron chi connectivity index (χ1n) is 11.8. The first kappa shape index (κ1) is 26.6. The van der Waals surface area contributed by atoms with Crippen LogP contribution in [0, 0.1) is 13.8 Å². The van der Waals surface area contributed by atoms with Gasteiger partial charge in [-0.25, -0.2) is 9.59 Å². The van der Waals surface area contributed by atoms with Crippen LogP contribution in [0.2, 0.25) is 0 Å². The largest absolute Gasteiger partial charge is 0.478 e. The predicted octanol–water partition coefficient (Wildman–Crippen LogP) is 6.00. The zero-order valence-electron chi connectivity index (χ0n) is 21.0. The second-order valence-electron chi connectivity index (χ2n) is 8.73. The van der Waals surface area contributed by atoms with Crippen LogP contribution in [0.15, 0.2) is 84.9 Å². The van der Waals surface area contributed by atoms with Crippen molar-refractivity contribution >= 4 is 35.1 Å². The van der Waals surface area contributed by atoms with Gasteiger partial charge in [-0.3, -0.25) is 9.59 Å². The van der Waals surface area contributed by atoms with E-state index in [1.165, 1.54) is 12.1 Å². The van der Waals surface area contributed by atoms with Crippen molar-refractivity contribution in [2.24, 2.45) is 0 Å². The van der Waals surface area contributed by atoms with Gasteiger partial charge in [0, 0.05) is 22.5 Å². The normalized spacial score (nSPS) is 10.4. The molecule has 2 amide bonds. The van der Waals surface area contributed by atoms with Crippen LogP contribution in [0.3, 0.4) is 0 Å². The number of aromatic carboxylic acids is 2. The number of carbonyl (C=O) groups excluding carboxylic acids is 2. The fourth-order valence-corrected chi connectivity index (χ4v) is 3.75. The van der Waals surface area contributed by atoms with Crippen LogP contribution in [-0.2, 0) is 0 Å². The number of carboxylic acids is 2. The fraction of sp³-hybridized carbons (Fsp3) is 0.0667. The summed E-state index contributed by atoms with van der Waals surface area (Å²) >= 11 is 0. The molecular weight excluding hydrogens is 500 g/mol. The van der Waals surface area contributed by atoms with Gasteiger partial charge in [-0.15, -0.1) is 0 Å². The lowest BCUT2D eigenvalue weighted by Gasteiger charge is -2.10. The maximum Gasteiger partial charge on any atom is 0.336 e. The molecule has 0 spiro atoms. The molecule has 0 atom stereocenters. The number of carbonyl (C=O) groups is 4. The molecule has 0 aliphatic heterocycles. The molecule has 4 aromatic rings. The smallest absolute Gasteiger partial charge is 0.336 e. The first-order chi connectivity index (χ1) is 18.6. The third kappa shape index (κ3) is 6.47. The SMILES string of the molecule is Cc1ccc(NC(=O)c2ccc(Oc3ccc(C(=O)Nc4ccc(C)c(C(=O)O)c4)cc3)cc2)cc1C(=O)O. The Balaban J connectivity index is 1.37. The summed E-state index contributed by atoms with van der Waals surface area (Å²) < 4.78 is 5.80. The van der Waals surface area contributed by atoms with Crippen LogP contribution < -0.4 is 15.4 Å². The quantitative estimate of drug-likeness (QED) is 0.222. The van der Waals surface area contributed by atoms with Crippen molar-refractivity contribution in [3.63, 3.8) is 0 Å². The van der Waals surface area contributed by atoms with Crippen LogP contribution in [0.5, 0.6) is 11.5 Å². The van der Waals surface area contributed by atoms with Gasteiger partial charge in [-0.05, 0) is 97.8 Å². The van der Waals surface area contributed by atoms with E-state index in [0.29, 0.717) is 45.1 Å². The number of anilines is 2. The van der Waals surface area contributed by atoms with Crippen LogP contribution in [0.1, 0.15) is 52.6 Å². The molecule has 9 nitrogen and oxygen atoms in total. The van der Waals surface area contributed by atoms with Crippen molar-refractivity contribution in [1.29, 1.82) is 0 Å². The lowest BCUT2D eigenvalue weighted by molar-refractivity contribution is 0.0685. The van der Waals surface area contributed by atoms with Gasteiger partial charge < -0.3 is 25.6 Å². The molecule has 9 heteroatoms. The molecule has 0 fully saturated rings. The van der Waals surface area contributed by atoms with Crippen molar-refractivity contribution in [2.45, 2.75) is 13.8 Å². The summed E-state index contributed by atoms with van der Waals surface area (Å²) in [5.41, 5.74) is 2.87. The van der Waals surface area contributed by atoms with E-state index < -0.39 is 23.8 Å². The minimum Gasteiger partial charge on any atom is -0.478 e. The van der Waals surface area contributed by atoms with Gasteiger partial charge in [0.25, 0.3) is 11.8 Å². The molecule has 0 saturated heterocycles. The number of nitrogens with one attached hydrogen (secondary N) is 2. The van der Waals surface area contributed by atoms with Crippen molar-refractivity contribution in [1.82, 2.24) is 0 Å². The zero-order chi connectivity index (χ0) is 28.1. The van der Waals surface area contributed by atoms with Crippen molar-refractivity contribution in [3.05, 3.63) is 118 Å². The molecule has 0 saturated carbocycles. The Morgan fingerprint density at radius 1 is 0.564 bits per heavy atom. The Morgan fingerprint density at radius 2 is 0.923 bits per heavy atom. The summed E-state index contributed by atoms with van der Waals surface area (Å²) in [4.78, 5) is 47.8. The molecule has 0 aliphatic carbocycles. The molecule has 196 valence electrons. The Hall–Kier alpha value is -5.44. The highest BCUT2D eigenvalue weighted by atomic mass is 16.5. The predicted molar refractivity (Wildman–Crippen MR) is 145 cm³/mol. The van der Waals surface area contributed by atoms with Crippen LogP contribution >= 0.6 is 0 Å². The summed E-state index contributed by atoms with van der Waals surface area (Å²) in [5.74, 6) is -2.01. The third-order valence-corrected chi connectivity index (χ3v) is 5.92. The molecule has 4 N–H and O–H groups in total. The monoisotopic (exact) mass is 524 g/mol. The van der Waals surface area contributed by atoms with E-state index in [1.54, 1.807) is 86.6 Å². The van der Waals surface area contributed by atoms with Crippen molar-refractivity contribution in [3.8, 4) is 11.5 Å². The van der Waals surface area contributed by atoms with E-state index in [9.17, 15) is 29.4 Å². The molecule has 0 heterocycles. The van der Waals surface area contributed by atoms with Crippen LogP contribution in [0.4, 0.5) is 11.4 Å². The number of ether oxygens (including phenoxy) is 1. The Kier molecular flexibility index (Phi) is 7.72. The van der Waals surface area contributed by atoms with Crippen LogP contribution in [0.25, 0.3) is 0 Å². The van der Waals surface area contributed by atoms with Crippen LogP contribution in [-0.4, -0.2) is 34.0 Å². The third-order valence-electron chi connectivity index (χ3n) is 5.92. The lowest BCUT2D eigenvalue weighted by Crippen LogP contribution is -2.13. The van der Waals surface area contributed by atoms with Gasteiger partial charge in [0.05, 0.1) is 11.1 Å². The summed E-state index contributed by atoms with van der Waals surface area (Å²) in [5, 5.41) is 23.9. The average molecular weight is 525 g/mol. The second kappa shape index (κ2) is 11.3. The van der Waals surface area contributed by atoms with Gasteiger partial charge in [0.1, 0.15) is 11.5 Å². The number of carboxylic acid groups (broad SMARTS) is 2. The minimum atomic E-state index is -1.07. The average Bonchev–Trinajstić information content (AvgIpc) is 2.91. The number of hydrogen-bond donors (Lipinski definition) is 4. The molecule has 0 unspecified atom stereocenters. The molecule has 0 aromatic heterocycles. The van der Waals surface area contributed by atoms with E-state index in [1.807, 2.05) is 0 Å². The maximum absolute atomic E-state index is 12.6. The molecular formula is C30H24N2O7. The molecule has 0 bridgehead atoms. The lowest BCUT2D eigenvalue weighted by atomic mass is 10.1. The standard InChI is InChI=1S/C30H24N2O7/c1-17-3-9-21(15-25(17)29(35)36)31-27(33)19-5-11-23(12-6-19)39-24-13-7-20(8-14-24)28(34)32-22-10-4-18(2)26(16-22)30(37)38/h3-16H,1-2H3,(H,31,33)(H,32,34)(H,35,36)(H,37,38). The number of aryl methyl sites for hydroxylation is 2. The molecule has 0 aliphatic rings. The first-order valence-corrected chi connectivity index (χ1v) is 11.8. The molecule has 4 rings (SSSR count). The number of amides is 2. The summed E-state index contributed by atoms with van der Waals surface area (Å²) in [6, 6.07) is 22.1. The van der Waals surface area contributed by atoms with Gasteiger partial charge >= 0.3 is 11.9 Å². The van der Waals surface area contributed by atoms with E-state index >= 15 is 0 Å². The highest BCUT2D eigenvalue weighted by Gasteiger charge is 2.13. The number of rotatable bonds is 8. The Labute approximate surface area is 223 Å². The van der Waals surface area contributed by atoms with Gasteiger partial charge in [-0.1, -0.05) is 12.1 Å². The minimum absolute atomic E-state index is 0.113. The second-order valence-corrected chi connectivity index (χ2v) is 8.73. The highest BCUT2D eigenvalue weighted by Crippen LogP contribution is 2.24. The zero-order valence-corrected chi connectivity index (χ0v) is 21.0. The van der Waals surface area contributed by atoms with Gasteiger partial charge in [0.2, 0.25) is 0 Å². The van der Waals surface area contributed by atoms with E-state index in [-0.39, 0.29) is 11.1 Å².